The Balaban J connectivity index is 3.36. The van der Waals surface area contributed by atoms with E-state index in [1.165, 1.54) is 19.1 Å². The van der Waals surface area contributed by atoms with Gasteiger partial charge in [-0.15, -0.1) is 11.6 Å². The smallest absolute Gasteiger partial charge is 0.387 e. The lowest BCUT2D eigenvalue weighted by molar-refractivity contribution is -0.0505. The summed E-state index contributed by atoms with van der Waals surface area (Å²) in [6.07, 6.45) is 0. The maximum atomic E-state index is 12.4. The molecule has 0 saturated heterocycles. The second kappa shape index (κ2) is 7.19. The molecule has 0 aromatic heterocycles. The van der Waals surface area contributed by atoms with Crippen molar-refractivity contribution in [2.75, 3.05) is 6.61 Å². The Labute approximate surface area is 119 Å². The number of halogens is 3. The molecule has 0 heterocycles. The summed E-state index contributed by atoms with van der Waals surface area (Å²) in [6.45, 7) is -0.118. The molecule has 1 atom stereocenters. The van der Waals surface area contributed by atoms with Gasteiger partial charge in [-0.05, 0) is 19.9 Å². The van der Waals surface area contributed by atoms with Crippen molar-refractivity contribution in [2.24, 2.45) is 0 Å². The molecule has 0 radical (unpaired) electrons. The molecule has 20 heavy (non-hydrogen) atoms. The minimum absolute atomic E-state index is 0.0336. The zero-order chi connectivity index (χ0) is 15.3. The molecular formula is C13H13ClF2O4. The summed E-state index contributed by atoms with van der Waals surface area (Å²) in [4.78, 5) is 23.8. The highest BCUT2D eigenvalue weighted by atomic mass is 35.5. The van der Waals surface area contributed by atoms with Crippen molar-refractivity contribution >= 4 is 23.4 Å². The van der Waals surface area contributed by atoms with Crippen LogP contribution in [-0.2, 0) is 4.74 Å². The quantitative estimate of drug-likeness (QED) is 0.460. The average molecular weight is 307 g/mol. The Morgan fingerprint density at radius 1 is 1.35 bits per heavy atom. The van der Waals surface area contributed by atoms with Gasteiger partial charge in [0.1, 0.15) is 11.3 Å². The van der Waals surface area contributed by atoms with Crippen molar-refractivity contribution in [2.45, 2.75) is 25.8 Å². The largest absolute Gasteiger partial charge is 0.462 e. The summed E-state index contributed by atoms with van der Waals surface area (Å²) in [6, 6.07) is 3.80. The third kappa shape index (κ3) is 3.90. The van der Waals surface area contributed by atoms with Gasteiger partial charge >= 0.3 is 12.6 Å². The zero-order valence-electron chi connectivity index (χ0n) is 10.9. The Morgan fingerprint density at radius 3 is 2.50 bits per heavy atom. The van der Waals surface area contributed by atoms with Gasteiger partial charge < -0.3 is 9.47 Å². The van der Waals surface area contributed by atoms with Gasteiger partial charge in [0.25, 0.3) is 0 Å². The van der Waals surface area contributed by atoms with Crippen LogP contribution in [0.3, 0.4) is 0 Å². The summed E-state index contributed by atoms with van der Waals surface area (Å²) in [5, 5.41) is -0.912. The van der Waals surface area contributed by atoms with E-state index < -0.39 is 29.5 Å². The number of carbonyl (C=O) groups is 2. The molecule has 1 aromatic carbocycles. The monoisotopic (exact) mass is 306 g/mol. The van der Waals surface area contributed by atoms with Crippen molar-refractivity contribution in [3.05, 3.63) is 29.3 Å². The Morgan fingerprint density at radius 2 is 2.00 bits per heavy atom. The van der Waals surface area contributed by atoms with Crippen molar-refractivity contribution in [3.8, 4) is 5.75 Å². The first kappa shape index (κ1) is 16.4. The van der Waals surface area contributed by atoms with E-state index in [-0.39, 0.29) is 17.7 Å². The Hall–Kier alpha value is -1.69. The lowest BCUT2D eigenvalue weighted by Gasteiger charge is -2.14. The number of ether oxygens (including phenoxy) is 2. The van der Waals surface area contributed by atoms with Crippen LogP contribution < -0.4 is 4.74 Å². The number of esters is 1. The minimum Gasteiger partial charge on any atom is -0.462 e. The predicted octanol–water partition coefficient (Wildman–Crippen LogP) is 3.27. The van der Waals surface area contributed by atoms with Gasteiger partial charge in [0.2, 0.25) is 0 Å². The van der Waals surface area contributed by atoms with Crippen LogP contribution in [0.4, 0.5) is 8.78 Å². The number of rotatable bonds is 6. The maximum Gasteiger partial charge on any atom is 0.387 e. The molecule has 4 nitrogen and oxygen atoms in total. The molecule has 1 rings (SSSR count). The fourth-order valence-corrected chi connectivity index (χ4v) is 1.68. The van der Waals surface area contributed by atoms with Crippen LogP contribution in [0.1, 0.15) is 34.6 Å². The molecular weight excluding hydrogens is 294 g/mol. The molecule has 0 amide bonds. The number of hydrogen-bond donors (Lipinski definition) is 0. The van der Waals surface area contributed by atoms with Gasteiger partial charge in [0.05, 0.1) is 12.0 Å². The highest BCUT2D eigenvalue weighted by Crippen LogP contribution is 2.27. The van der Waals surface area contributed by atoms with Crippen LogP contribution in [-0.4, -0.2) is 30.3 Å². The maximum absolute atomic E-state index is 12.4. The van der Waals surface area contributed by atoms with Crippen molar-refractivity contribution < 1.29 is 27.8 Å². The van der Waals surface area contributed by atoms with Crippen LogP contribution in [0.15, 0.2) is 18.2 Å². The fraction of sp³-hybridized carbons (Fsp3) is 0.385. The third-order valence-electron chi connectivity index (χ3n) is 2.35. The van der Waals surface area contributed by atoms with Gasteiger partial charge in [-0.3, -0.25) is 4.79 Å². The molecule has 1 unspecified atom stereocenters. The first-order chi connectivity index (χ1) is 9.38. The molecule has 0 spiro atoms. The van der Waals surface area contributed by atoms with Crippen LogP contribution in [0.25, 0.3) is 0 Å². The van der Waals surface area contributed by atoms with Crippen molar-refractivity contribution in [1.82, 2.24) is 0 Å². The summed E-state index contributed by atoms with van der Waals surface area (Å²) in [5.74, 6) is -1.90. The standard InChI is InChI=1S/C13H13ClF2O4/c1-3-19-12(18)10-8(11(17)7(2)14)5-4-6-9(10)20-13(15)16/h4-7,13H,3H2,1-2H3. The third-order valence-corrected chi connectivity index (χ3v) is 2.55. The number of benzene rings is 1. The fourth-order valence-electron chi connectivity index (χ4n) is 1.56. The molecule has 0 aliphatic heterocycles. The Bertz CT molecular complexity index is 503. The van der Waals surface area contributed by atoms with Crippen LogP contribution >= 0.6 is 11.6 Å². The van der Waals surface area contributed by atoms with E-state index in [4.69, 9.17) is 16.3 Å². The first-order valence-corrected chi connectivity index (χ1v) is 6.25. The number of ketones is 1. The molecule has 0 aliphatic rings. The second-order valence-electron chi connectivity index (χ2n) is 3.76. The van der Waals surface area contributed by atoms with Crippen LogP contribution in [0, 0.1) is 0 Å². The van der Waals surface area contributed by atoms with Gasteiger partial charge in [-0.1, -0.05) is 12.1 Å². The summed E-state index contributed by atoms with van der Waals surface area (Å²) < 4.78 is 33.7. The normalized spacial score (nSPS) is 12.1. The van der Waals surface area contributed by atoms with Crippen molar-refractivity contribution in [3.63, 3.8) is 0 Å². The van der Waals surface area contributed by atoms with E-state index in [2.05, 4.69) is 4.74 Å². The first-order valence-electron chi connectivity index (χ1n) is 5.81. The topological polar surface area (TPSA) is 52.6 Å². The number of carbonyl (C=O) groups excluding carboxylic acids is 2. The molecule has 110 valence electrons. The summed E-state index contributed by atoms with van der Waals surface area (Å²) in [7, 11) is 0. The van der Waals surface area contributed by atoms with Crippen LogP contribution in [0.2, 0.25) is 0 Å². The second-order valence-corrected chi connectivity index (χ2v) is 4.41. The van der Waals surface area contributed by atoms with Crippen molar-refractivity contribution in [1.29, 1.82) is 0 Å². The highest BCUT2D eigenvalue weighted by Gasteiger charge is 2.26. The molecule has 0 saturated carbocycles. The van der Waals surface area contributed by atoms with E-state index in [0.717, 1.165) is 6.07 Å². The molecule has 0 aliphatic carbocycles. The average Bonchev–Trinajstić information content (AvgIpc) is 2.36. The van der Waals surface area contributed by atoms with Gasteiger partial charge in [0.15, 0.2) is 5.78 Å². The summed E-state index contributed by atoms with van der Waals surface area (Å²) in [5.41, 5.74) is -0.448. The van der Waals surface area contributed by atoms with Gasteiger partial charge in [-0.25, -0.2) is 4.79 Å². The lowest BCUT2D eigenvalue weighted by atomic mass is 10.0. The number of hydrogen-bond acceptors (Lipinski definition) is 4. The summed E-state index contributed by atoms with van der Waals surface area (Å²) >= 11 is 5.68. The number of Topliss-reactive ketones (excluding diaryl/α,β-unsaturated/α-hetero) is 1. The predicted molar refractivity (Wildman–Crippen MR) is 68.7 cm³/mol. The molecule has 1 aromatic rings. The van der Waals surface area contributed by atoms with Gasteiger partial charge in [-0.2, -0.15) is 8.78 Å². The number of alkyl halides is 3. The lowest BCUT2D eigenvalue weighted by Crippen LogP contribution is -2.19. The van der Waals surface area contributed by atoms with E-state index in [9.17, 15) is 18.4 Å². The molecule has 0 bridgehead atoms. The van der Waals surface area contributed by atoms with Gasteiger partial charge in [0, 0.05) is 5.56 Å². The van der Waals surface area contributed by atoms with E-state index in [0.29, 0.717) is 0 Å². The highest BCUT2D eigenvalue weighted by molar-refractivity contribution is 6.34. The Kier molecular flexibility index (Phi) is 5.88. The SMILES string of the molecule is CCOC(=O)c1c(OC(F)F)cccc1C(=O)C(C)Cl. The molecule has 7 heteroatoms. The zero-order valence-corrected chi connectivity index (χ0v) is 11.6. The van der Waals surface area contributed by atoms with E-state index in [1.807, 2.05) is 0 Å². The van der Waals surface area contributed by atoms with E-state index >= 15 is 0 Å². The van der Waals surface area contributed by atoms with E-state index in [1.54, 1.807) is 6.92 Å². The minimum atomic E-state index is -3.12. The van der Waals surface area contributed by atoms with Crippen LogP contribution in [0.5, 0.6) is 5.75 Å². The molecule has 0 fully saturated rings. The molecule has 0 N–H and O–H groups in total.